The zero-order valence-corrected chi connectivity index (χ0v) is 25.6. The van der Waals surface area contributed by atoms with Gasteiger partial charge in [0.15, 0.2) is 0 Å². The van der Waals surface area contributed by atoms with Gasteiger partial charge in [0.05, 0.1) is 41.9 Å². The molecule has 1 aromatic heterocycles. The number of aromatic nitrogens is 2. The molecule has 4 rings (SSSR count). The van der Waals surface area contributed by atoms with Gasteiger partial charge < -0.3 is 25.0 Å². The van der Waals surface area contributed by atoms with Crippen LogP contribution in [0.4, 0.5) is 11.6 Å². The molecule has 2 aromatic carbocycles. The third kappa shape index (κ3) is 7.19. The molecule has 41 heavy (non-hydrogen) atoms. The smallest absolute Gasteiger partial charge is 0.252 e. The Hall–Kier alpha value is -3.16. The molecule has 0 fully saturated rings. The van der Waals surface area contributed by atoms with Crippen LogP contribution in [-0.4, -0.2) is 87.2 Å². The SMILES string of the molecule is COc1cc(C(=O)NCCN(C)C)c(Cl)cc1Nc1ncc(Cl)c(O[C@@H]2Cc3ccccc3[C@H]2N(C)S(C)(=O)=O)n1. The largest absolute Gasteiger partial charge is 0.495 e. The zero-order valence-electron chi connectivity index (χ0n) is 23.3. The van der Waals surface area contributed by atoms with Gasteiger partial charge in [0, 0.05) is 26.6 Å². The number of likely N-dealkylation sites (N-methyl/N-ethyl adjacent to an activating group) is 2. The Kier molecular flexibility index (Phi) is 9.60. The minimum Gasteiger partial charge on any atom is -0.495 e. The first-order valence-corrected chi connectivity index (χ1v) is 15.3. The van der Waals surface area contributed by atoms with E-state index in [0.29, 0.717) is 30.9 Å². The van der Waals surface area contributed by atoms with Crippen molar-refractivity contribution in [3.05, 3.63) is 69.3 Å². The Bertz CT molecular complexity index is 1540. The number of anilines is 2. The number of carbonyl (C=O) groups is 1. The first-order valence-electron chi connectivity index (χ1n) is 12.7. The van der Waals surface area contributed by atoms with Crippen LogP contribution >= 0.6 is 23.2 Å². The third-order valence-electron chi connectivity index (χ3n) is 6.66. The number of nitrogens with one attached hydrogen (secondary N) is 2. The van der Waals surface area contributed by atoms with Crippen molar-refractivity contribution < 1.29 is 22.7 Å². The van der Waals surface area contributed by atoms with Crippen LogP contribution in [0.25, 0.3) is 0 Å². The lowest BCUT2D eigenvalue weighted by Gasteiger charge is -2.28. The first kappa shape index (κ1) is 30.8. The summed E-state index contributed by atoms with van der Waals surface area (Å²) < 4.78 is 37.9. The molecule has 1 heterocycles. The van der Waals surface area contributed by atoms with Crippen molar-refractivity contribution in [3.8, 4) is 11.6 Å². The summed E-state index contributed by atoms with van der Waals surface area (Å²) in [6, 6.07) is 10.1. The van der Waals surface area contributed by atoms with E-state index in [-0.39, 0.29) is 33.3 Å². The monoisotopic (exact) mass is 622 g/mol. The van der Waals surface area contributed by atoms with Gasteiger partial charge in [-0.1, -0.05) is 47.5 Å². The second-order valence-electron chi connectivity index (χ2n) is 9.85. The van der Waals surface area contributed by atoms with E-state index in [0.717, 1.165) is 17.4 Å². The number of hydrogen-bond acceptors (Lipinski definition) is 9. The Morgan fingerprint density at radius 2 is 1.88 bits per heavy atom. The molecule has 0 radical (unpaired) electrons. The Balaban J connectivity index is 1.57. The van der Waals surface area contributed by atoms with Crippen LogP contribution in [-0.2, 0) is 16.4 Å². The molecule has 1 amide bonds. The topological polar surface area (TPSA) is 126 Å². The molecule has 0 saturated carbocycles. The standard InChI is InChI=1S/C27H32Cl2N6O5S/c1-34(2)11-10-30-25(36)18-13-22(39-4)21(14-19(18)28)32-27-31-15-20(29)26(33-27)40-23-12-16-8-6-7-9-17(16)24(23)35(3)41(5,37)38/h6-9,13-15,23-24H,10-12H2,1-5H3,(H,30,36)(H,31,32,33)/t23-,24-/m1/s1. The van der Waals surface area contributed by atoms with Gasteiger partial charge >= 0.3 is 0 Å². The highest BCUT2D eigenvalue weighted by Gasteiger charge is 2.40. The Labute approximate surface area is 249 Å². The number of nitrogens with zero attached hydrogens (tertiary/aromatic N) is 4. The van der Waals surface area contributed by atoms with Crippen molar-refractivity contribution in [2.75, 3.05) is 52.9 Å². The third-order valence-corrected chi connectivity index (χ3v) is 8.51. The number of methoxy groups -OCH3 is 1. The summed E-state index contributed by atoms with van der Waals surface area (Å²) in [5.74, 6) is 0.224. The summed E-state index contributed by atoms with van der Waals surface area (Å²) in [5, 5.41) is 6.23. The minimum absolute atomic E-state index is 0.0795. The molecule has 0 unspecified atom stereocenters. The summed E-state index contributed by atoms with van der Waals surface area (Å²) in [5.41, 5.74) is 2.51. The Morgan fingerprint density at radius 3 is 2.56 bits per heavy atom. The van der Waals surface area contributed by atoms with E-state index >= 15 is 0 Å². The molecule has 3 aromatic rings. The second kappa shape index (κ2) is 12.8. The molecule has 0 spiro atoms. The van der Waals surface area contributed by atoms with E-state index in [9.17, 15) is 13.2 Å². The van der Waals surface area contributed by atoms with Crippen molar-refractivity contribution in [2.24, 2.45) is 0 Å². The number of fused-ring (bicyclic) bond motifs is 1. The fourth-order valence-electron chi connectivity index (χ4n) is 4.52. The molecule has 2 N–H and O–H groups in total. The van der Waals surface area contributed by atoms with E-state index in [1.165, 1.54) is 30.7 Å². The zero-order chi connectivity index (χ0) is 29.9. The van der Waals surface area contributed by atoms with Crippen molar-refractivity contribution in [1.82, 2.24) is 24.5 Å². The van der Waals surface area contributed by atoms with Crippen LogP contribution in [0.5, 0.6) is 11.6 Å². The van der Waals surface area contributed by atoms with Gasteiger partial charge in [-0.25, -0.2) is 13.4 Å². The van der Waals surface area contributed by atoms with Crippen molar-refractivity contribution in [2.45, 2.75) is 18.6 Å². The number of hydrogen-bond donors (Lipinski definition) is 2. The fourth-order valence-corrected chi connectivity index (χ4v) is 5.57. The van der Waals surface area contributed by atoms with Crippen LogP contribution in [0.3, 0.4) is 0 Å². The number of carbonyl (C=O) groups excluding carboxylic acids is 1. The van der Waals surface area contributed by atoms with Crippen LogP contribution in [0, 0.1) is 0 Å². The summed E-state index contributed by atoms with van der Waals surface area (Å²) in [4.78, 5) is 23.3. The average Bonchev–Trinajstić information content (AvgIpc) is 3.27. The van der Waals surface area contributed by atoms with E-state index in [1.807, 2.05) is 43.3 Å². The van der Waals surface area contributed by atoms with Crippen molar-refractivity contribution >= 4 is 50.8 Å². The summed E-state index contributed by atoms with van der Waals surface area (Å²) in [6.07, 6.45) is 2.42. The van der Waals surface area contributed by atoms with E-state index < -0.39 is 22.2 Å². The number of halogens is 2. The fraction of sp³-hybridized carbons (Fsp3) is 0.370. The molecule has 0 aliphatic heterocycles. The molecule has 1 aliphatic rings. The summed E-state index contributed by atoms with van der Waals surface area (Å²) >= 11 is 12.9. The highest BCUT2D eigenvalue weighted by Crippen LogP contribution is 2.40. The van der Waals surface area contributed by atoms with Gasteiger partial charge in [-0.15, -0.1) is 0 Å². The van der Waals surface area contributed by atoms with Crippen molar-refractivity contribution in [3.63, 3.8) is 0 Å². The highest BCUT2D eigenvalue weighted by atomic mass is 35.5. The van der Waals surface area contributed by atoms with Gasteiger partial charge in [-0.05, 0) is 37.4 Å². The molecule has 0 bridgehead atoms. The number of amides is 1. The lowest BCUT2D eigenvalue weighted by molar-refractivity contribution is 0.0951. The first-order chi connectivity index (χ1) is 19.4. The molecule has 220 valence electrons. The molecule has 1 aliphatic carbocycles. The normalized spacial score (nSPS) is 16.5. The predicted octanol–water partition coefficient (Wildman–Crippen LogP) is 3.76. The van der Waals surface area contributed by atoms with Gasteiger partial charge in [0.25, 0.3) is 5.91 Å². The van der Waals surface area contributed by atoms with Crippen LogP contribution in [0.1, 0.15) is 27.5 Å². The van der Waals surface area contributed by atoms with Crippen LogP contribution in [0.2, 0.25) is 10.0 Å². The maximum Gasteiger partial charge on any atom is 0.252 e. The summed E-state index contributed by atoms with van der Waals surface area (Å²) in [6.45, 7) is 1.13. The number of sulfonamides is 1. The van der Waals surface area contributed by atoms with Crippen LogP contribution in [0.15, 0.2) is 42.6 Å². The number of benzene rings is 2. The van der Waals surface area contributed by atoms with E-state index in [1.54, 1.807) is 6.07 Å². The predicted molar refractivity (Wildman–Crippen MR) is 159 cm³/mol. The van der Waals surface area contributed by atoms with Gasteiger partial charge in [0.1, 0.15) is 16.9 Å². The maximum atomic E-state index is 12.7. The maximum absolute atomic E-state index is 12.7. The highest BCUT2D eigenvalue weighted by molar-refractivity contribution is 7.88. The molecular weight excluding hydrogens is 591 g/mol. The van der Waals surface area contributed by atoms with Gasteiger partial charge in [0.2, 0.25) is 21.9 Å². The molecule has 2 atom stereocenters. The minimum atomic E-state index is -3.53. The molecular formula is C27H32Cl2N6O5S. The molecule has 14 heteroatoms. The van der Waals surface area contributed by atoms with Gasteiger partial charge in [-0.3, -0.25) is 4.79 Å². The summed E-state index contributed by atoms with van der Waals surface area (Å²) in [7, 11) is 3.29. The van der Waals surface area contributed by atoms with Gasteiger partial charge in [-0.2, -0.15) is 9.29 Å². The van der Waals surface area contributed by atoms with Crippen molar-refractivity contribution in [1.29, 1.82) is 0 Å². The number of rotatable bonds is 11. The lowest BCUT2D eigenvalue weighted by Crippen LogP contribution is -2.38. The second-order valence-corrected chi connectivity index (χ2v) is 12.7. The molecule has 11 nitrogen and oxygen atoms in total. The quantitative estimate of drug-likeness (QED) is 0.329. The lowest BCUT2D eigenvalue weighted by atomic mass is 10.1. The molecule has 0 saturated heterocycles. The van der Waals surface area contributed by atoms with E-state index in [2.05, 4.69) is 20.6 Å². The number of ether oxygens (including phenoxy) is 2. The van der Waals surface area contributed by atoms with E-state index in [4.69, 9.17) is 32.7 Å². The Morgan fingerprint density at radius 1 is 1.15 bits per heavy atom. The average molecular weight is 624 g/mol. The van der Waals surface area contributed by atoms with Crippen LogP contribution < -0.4 is 20.1 Å².